The minimum absolute atomic E-state index is 0.0932. The quantitative estimate of drug-likeness (QED) is 0.820. The maximum atomic E-state index is 12.0. The van der Waals surface area contributed by atoms with Gasteiger partial charge in [0.2, 0.25) is 5.91 Å². The Balaban J connectivity index is 1.87. The number of carboxylic acids is 1. The second-order valence-electron chi connectivity index (χ2n) is 5.20. The number of nitrogens with one attached hydrogen (secondary N) is 1. The summed E-state index contributed by atoms with van der Waals surface area (Å²) >= 11 is 3.24. The van der Waals surface area contributed by atoms with Crippen LogP contribution >= 0.6 is 15.9 Å². The first-order valence-corrected chi connectivity index (χ1v) is 7.72. The summed E-state index contributed by atoms with van der Waals surface area (Å²) in [6, 6.07) is 4.64. The largest absolute Gasteiger partial charge is 0.478 e. The molecule has 0 heterocycles. The van der Waals surface area contributed by atoms with Crippen LogP contribution in [0.3, 0.4) is 0 Å². The molecule has 1 aromatic rings. The standard InChI is InChI=1S/C15H18BrNO4/c1-2-21-13-3-9(4-13)5-14(18)17-12-7-10(15(19)20)6-11(16)8-12/h6-9,13H,2-5H2,1H3,(H,17,18)(H,19,20). The van der Waals surface area contributed by atoms with E-state index in [0.717, 1.165) is 12.8 Å². The van der Waals surface area contributed by atoms with E-state index in [9.17, 15) is 9.59 Å². The third-order valence-electron chi connectivity index (χ3n) is 3.50. The Morgan fingerprint density at radius 3 is 2.71 bits per heavy atom. The summed E-state index contributed by atoms with van der Waals surface area (Å²) < 4.78 is 6.09. The SMILES string of the molecule is CCOC1CC(CC(=O)Nc2cc(Br)cc(C(=O)O)c2)C1. The molecular weight excluding hydrogens is 338 g/mol. The van der Waals surface area contributed by atoms with Crippen LogP contribution in [0.2, 0.25) is 0 Å². The Bertz CT molecular complexity index is 540. The number of hydrogen-bond acceptors (Lipinski definition) is 3. The van der Waals surface area contributed by atoms with E-state index in [4.69, 9.17) is 9.84 Å². The van der Waals surface area contributed by atoms with E-state index in [-0.39, 0.29) is 17.6 Å². The van der Waals surface area contributed by atoms with E-state index in [0.29, 0.717) is 29.1 Å². The van der Waals surface area contributed by atoms with Gasteiger partial charge in [-0.3, -0.25) is 4.79 Å². The molecule has 21 heavy (non-hydrogen) atoms. The predicted molar refractivity (Wildman–Crippen MR) is 82.5 cm³/mol. The van der Waals surface area contributed by atoms with Crippen molar-refractivity contribution >= 4 is 33.5 Å². The van der Waals surface area contributed by atoms with Crippen LogP contribution in [0.4, 0.5) is 5.69 Å². The van der Waals surface area contributed by atoms with Gasteiger partial charge < -0.3 is 15.2 Å². The molecule has 1 aliphatic carbocycles. The molecule has 0 spiro atoms. The predicted octanol–water partition coefficient (Wildman–Crippen LogP) is 3.29. The van der Waals surface area contributed by atoms with Crippen LogP contribution < -0.4 is 5.32 Å². The second-order valence-corrected chi connectivity index (χ2v) is 6.12. The molecule has 1 fully saturated rings. The van der Waals surface area contributed by atoms with Crippen molar-refractivity contribution in [1.29, 1.82) is 0 Å². The van der Waals surface area contributed by atoms with Gasteiger partial charge in [-0.05, 0) is 43.9 Å². The summed E-state index contributed by atoms with van der Waals surface area (Å²) in [5.74, 6) is -0.762. The van der Waals surface area contributed by atoms with Gasteiger partial charge in [-0.15, -0.1) is 0 Å². The van der Waals surface area contributed by atoms with Crippen molar-refractivity contribution in [3.05, 3.63) is 28.2 Å². The number of carbonyl (C=O) groups is 2. The lowest BCUT2D eigenvalue weighted by Crippen LogP contribution is -2.33. The molecule has 0 aliphatic heterocycles. The molecule has 2 N–H and O–H groups in total. The molecule has 0 aromatic heterocycles. The average molecular weight is 356 g/mol. The number of anilines is 1. The molecule has 1 amide bonds. The summed E-state index contributed by atoms with van der Waals surface area (Å²) in [4.78, 5) is 22.9. The van der Waals surface area contributed by atoms with Crippen LogP contribution in [0.1, 0.15) is 36.5 Å². The molecule has 0 atom stereocenters. The van der Waals surface area contributed by atoms with Crippen molar-refractivity contribution in [2.24, 2.45) is 5.92 Å². The zero-order chi connectivity index (χ0) is 15.4. The highest BCUT2D eigenvalue weighted by Crippen LogP contribution is 2.33. The number of carboxylic acid groups (broad SMARTS) is 1. The Morgan fingerprint density at radius 2 is 2.10 bits per heavy atom. The molecule has 0 bridgehead atoms. The van der Waals surface area contributed by atoms with Crippen LogP contribution in [0.5, 0.6) is 0 Å². The number of hydrogen-bond donors (Lipinski definition) is 2. The third-order valence-corrected chi connectivity index (χ3v) is 3.96. The summed E-state index contributed by atoms with van der Waals surface area (Å²) in [5.41, 5.74) is 0.632. The van der Waals surface area contributed by atoms with Gasteiger partial charge in [-0.25, -0.2) is 4.79 Å². The molecule has 1 aliphatic rings. The minimum atomic E-state index is -1.02. The normalized spacial score (nSPS) is 20.7. The number of halogens is 1. The Morgan fingerprint density at radius 1 is 1.38 bits per heavy atom. The fourth-order valence-corrected chi connectivity index (χ4v) is 2.97. The van der Waals surface area contributed by atoms with Crippen molar-refractivity contribution in [2.75, 3.05) is 11.9 Å². The zero-order valence-electron chi connectivity index (χ0n) is 11.8. The first kappa shape index (κ1) is 16.0. The highest BCUT2D eigenvalue weighted by Gasteiger charge is 2.31. The fourth-order valence-electron chi connectivity index (χ4n) is 2.47. The first-order chi connectivity index (χ1) is 9.97. The van der Waals surface area contributed by atoms with Gasteiger partial charge in [0, 0.05) is 23.2 Å². The maximum Gasteiger partial charge on any atom is 0.335 e. The maximum absolute atomic E-state index is 12.0. The fraction of sp³-hybridized carbons (Fsp3) is 0.467. The molecule has 0 radical (unpaired) electrons. The van der Waals surface area contributed by atoms with Crippen LogP contribution in [-0.4, -0.2) is 29.7 Å². The number of benzene rings is 1. The number of rotatable bonds is 6. The van der Waals surface area contributed by atoms with E-state index in [2.05, 4.69) is 21.2 Å². The van der Waals surface area contributed by atoms with Crippen molar-refractivity contribution in [3.8, 4) is 0 Å². The highest BCUT2D eigenvalue weighted by molar-refractivity contribution is 9.10. The lowest BCUT2D eigenvalue weighted by molar-refractivity contribution is -0.119. The Hall–Kier alpha value is -1.40. The Kier molecular flexibility index (Phi) is 5.36. The van der Waals surface area contributed by atoms with Crippen molar-refractivity contribution in [1.82, 2.24) is 0 Å². The van der Waals surface area contributed by atoms with E-state index in [1.54, 1.807) is 6.07 Å². The monoisotopic (exact) mass is 355 g/mol. The van der Waals surface area contributed by atoms with E-state index in [1.807, 2.05) is 6.92 Å². The van der Waals surface area contributed by atoms with Gasteiger partial charge in [0.15, 0.2) is 0 Å². The molecule has 6 heteroatoms. The van der Waals surface area contributed by atoms with Gasteiger partial charge in [0.25, 0.3) is 0 Å². The van der Waals surface area contributed by atoms with Crippen LogP contribution in [0, 0.1) is 5.92 Å². The Labute approximate surface area is 131 Å². The molecular formula is C15H18BrNO4. The van der Waals surface area contributed by atoms with Gasteiger partial charge in [0.05, 0.1) is 11.7 Å². The molecule has 114 valence electrons. The second kappa shape index (κ2) is 7.04. The molecule has 1 saturated carbocycles. The molecule has 1 aromatic carbocycles. The van der Waals surface area contributed by atoms with Crippen LogP contribution in [0.25, 0.3) is 0 Å². The van der Waals surface area contributed by atoms with Crippen molar-refractivity contribution in [2.45, 2.75) is 32.3 Å². The molecule has 0 saturated heterocycles. The lowest BCUT2D eigenvalue weighted by atomic mass is 9.80. The number of ether oxygens (including phenoxy) is 1. The first-order valence-electron chi connectivity index (χ1n) is 6.93. The van der Waals surface area contributed by atoms with Gasteiger partial charge in [-0.2, -0.15) is 0 Å². The van der Waals surface area contributed by atoms with E-state index in [1.165, 1.54) is 12.1 Å². The molecule has 0 unspecified atom stereocenters. The minimum Gasteiger partial charge on any atom is -0.478 e. The topological polar surface area (TPSA) is 75.6 Å². The molecule has 2 rings (SSSR count). The number of aromatic carboxylic acids is 1. The average Bonchev–Trinajstić information content (AvgIpc) is 2.35. The number of carbonyl (C=O) groups excluding carboxylic acids is 1. The van der Waals surface area contributed by atoms with E-state index < -0.39 is 5.97 Å². The van der Waals surface area contributed by atoms with Gasteiger partial charge in [0.1, 0.15) is 0 Å². The highest BCUT2D eigenvalue weighted by atomic mass is 79.9. The summed E-state index contributed by atoms with van der Waals surface area (Å²) in [6.45, 7) is 2.67. The van der Waals surface area contributed by atoms with Crippen molar-refractivity contribution in [3.63, 3.8) is 0 Å². The lowest BCUT2D eigenvalue weighted by Gasteiger charge is -2.34. The van der Waals surface area contributed by atoms with Crippen LogP contribution in [0.15, 0.2) is 22.7 Å². The van der Waals surface area contributed by atoms with Gasteiger partial charge in [-0.1, -0.05) is 15.9 Å². The van der Waals surface area contributed by atoms with E-state index >= 15 is 0 Å². The third kappa shape index (κ3) is 4.54. The molecule has 5 nitrogen and oxygen atoms in total. The van der Waals surface area contributed by atoms with Gasteiger partial charge >= 0.3 is 5.97 Å². The number of amides is 1. The summed E-state index contributed by atoms with van der Waals surface area (Å²) in [7, 11) is 0. The summed E-state index contributed by atoms with van der Waals surface area (Å²) in [6.07, 6.45) is 2.57. The zero-order valence-corrected chi connectivity index (χ0v) is 13.4. The van der Waals surface area contributed by atoms with Crippen LogP contribution in [-0.2, 0) is 9.53 Å². The summed E-state index contributed by atoms with van der Waals surface area (Å²) in [5, 5.41) is 11.7. The van der Waals surface area contributed by atoms with Crippen molar-refractivity contribution < 1.29 is 19.4 Å². The smallest absolute Gasteiger partial charge is 0.335 e.